The summed E-state index contributed by atoms with van der Waals surface area (Å²) in [6.07, 6.45) is 1.52. The average Bonchev–Trinajstić information content (AvgIpc) is 2.22. The first-order valence-corrected chi connectivity index (χ1v) is 5.34. The predicted octanol–water partition coefficient (Wildman–Crippen LogP) is 1.33. The van der Waals surface area contributed by atoms with Crippen molar-refractivity contribution in [3.05, 3.63) is 21.8 Å². The van der Waals surface area contributed by atoms with E-state index < -0.39 is 0 Å². The summed E-state index contributed by atoms with van der Waals surface area (Å²) < 4.78 is 11.6. The van der Waals surface area contributed by atoms with E-state index in [9.17, 15) is 4.79 Å². The van der Waals surface area contributed by atoms with E-state index in [-0.39, 0.29) is 22.6 Å². The van der Waals surface area contributed by atoms with Gasteiger partial charge < -0.3 is 9.47 Å². The molecule has 0 unspecified atom stereocenters. The van der Waals surface area contributed by atoms with E-state index in [1.165, 1.54) is 18.0 Å². The maximum absolute atomic E-state index is 11.8. The van der Waals surface area contributed by atoms with E-state index in [1.54, 1.807) is 0 Å². The second-order valence-electron chi connectivity index (χ2n) is 3.49. The van der Waals surface area contributed by atoms with Gasteiger partial charge in [-0.3, -0.25) is 9.36 Å². The molecule has 0 radical (unpaired) electrons. The van der Waals surface area contributed by atoms with Crippen LogP contribution in [-0.2, 0) is 11.3 Å². The van der Waals surface area contributed by atoms with Gasteiger partial charge in [-0.15, -0.1) is 0 Å². The molecule has 0 aromatic carbocycles. The molecule has 16 heavy (non-hydrogen) atoms. The molecule has 0 aliphatic heterocycles. The molecule has 0 N–H and O–H groups in total. The largest absolute Gasteiger partial charge is 0.489 e. The van der Waals surface area contributed by atoms with Gasteiger partial charge in [-0.25, -0.2) is 4.98 Å². The Kier molecular flexibility index (Phi) is 4.76. The van der Waals surface area contributed by atoms with E-state index in [0.717, 1.165) is 0 Å². The minimum absolute atomic E-state index is 0.0636. The first-order chi connectivity index (χ1) is 7.56. The second-order valence-corrected chi connectivity index (χ2v) is 3.84. The normalized spacial score (nSPS) is 10.8. The van der Waals surface area contributed by atoms with E-state index in [0.29, 0.717) is 13.2 Å². The lowest BCUT2D eigenvalue weighted by molar-refractivity contribution is 0.0719. The molecule has 6 heteroatoms. The summed E-state index contributed by atoms with van der Waals surface area (Å²) in [4.78, 5) is 15.6. The smallest absolute Gasteiger partial charge is 0.297 e. The van der Waals surface area contributed by atoms with Gasteiger partial charge >= 0.3 is 0 Å². The van der Waals surface area contributed by atoms with Gasteiger partial charge in [0.05, 0.1) is 32.7 Å². The van der Waals surface area contributed by atoms with Crippen LogP contribution in [0.2, 0.25) is 5.15 Å². The highest BCUT2D eigenvalue weighted by molar-refractivity contribution is 6.30. The van der Waals surface area contributed by atoms with Crippen molar-refractivity contribution in [1.29, 1.82) is 0 Å². The zero-order chi connectivity index (χ0) is 12.1. The van der Waals surface area contributed by atoms with Crippen molar-refractivity contribution in [3.63, 3.8) is 0 Å². The number of methoxy groups -OCH3 is 1. The molecule has 0 spiro atoms. The molecule has 0 fully saturated rings. The van der Waals surface area contributed by atoms with E-state index in [1.807, 2.05) is 13.8 Å². The van der Waals surface area contributed by atoms with Gasteiger partial charge in [0.2, 0.25) is 5.75 Å². The zero-order valence-electron chi connectivity index (χ0n) is 9.57. The molecular weight excluding hydrogens is 232 g/mol. The Morgan fingerprint density at radius 1 is 1.56 bits per heavy atom. The second kappa shape index (κ2) is 5.86. The molecule has 0 aliphatic carbocycles. The van der Waals surface area contributed by atoms with E-state index >= 15 is 0 Å². The summed E-state index contributed by atoms with van der Waals surface area (Å²) in [5.74, 6) is 0.0636. The van der Waals surface area contributed by atoms with Gasteiger partial charge in [-0.1, -0.05) is 11.6 Å². The molecular formula is C10H15ClN2O3. The minimum Gasteiger partial charge on any atom is -0.489 e. The molecule has 1 aromatic rings. The predicted molar refractivity (Wildman–Crippen MR) is 61.1 cm³/mol. The Morgan fingerprint density at radius 2 is 2.25 bits per heavy atom. The summed E-state index contributed by atoms with van der Waals surface area (Å²) in [6.45, 7) is 4.74. The van der Waals surface area contributed by atoms with E-state index in [2.05, 4.69) is 4.98 Å². The van der Waals surface area contributed by atoms with Gasteiger partial charge in [0.1, 0.15) is 0 Å². The Morgan fingerprint density at radius 3 is 2.81 bits per heavy atom. The highest BCUT2D eigenvalue weighted by Gasteiger charge is 2.09. The van der Waals surface area contributed by atoms with Crippen molar-refractivity contribution in [2.24, 2.45) is 0 Å². The summed E-state index contributed by atoms with van der Waals surface area (Å²) >= 11 is 5.71. The molecule has 0 bridgehead atoms. The summed E-state index contributed by atoms with van der Waals surface area (Å²) in [5, 5.41) is 0.0773. The topological polar surface area (TPSA) is 53.4 Å². The maximum Gasteiger partial charge on any atom is 0.297 e. The Balaban J connectivity index is 2.78. The van der Waals surface area contributed by atoms with Crippen LogP contribution in [0.15, 0.2) is 11.1 Å². The van der Waals surface area contributed by atoms with Crippen molar-refractivity contribution < 1.29 is 9.47 Å². The molecule has 1 rings (SSSR count). The van der Waals surface area contributed by atoms with Crippen LogP contribution >= 0.6 is 11.6 Å². The minimum atomic E-state index is -0.296. The molecule has 0 atom stereocenters. The van der Waals surface area contributed by atoms with E-state index in [4.69, 9.17) is 21.1 Å². The number of hydrogen-bond acceptors (Lipinski definition) is 4. The zero-order valence-corrected chi connectivity index (χ0v) is 10.3. The molecule has 1 aromatic heterocycles. The SMILES string of the molecule is COc1c(Cl)ncn(CCOC(C)C)c1=O. The molecule has 0 amide bonds. The molecule has 0 saturated carbocycles. The first-order valence-electron chi connectivity index (χ1n) is 4.96. The summed E-state index contributed by atoms with van der Waals surface area (Å²) in [5.41, 5.74) is -0.296. The van der Waals surface area contributed by atoms with Crippen LogP contribution in [0.4, 0.5) is 0 Å². The fraction of sp³-hybridized carbons (Fsp3) is 0.600. The van der Waals surface area contributed by atoms with Crippen molar-refractivity contribution in [2.45, 2.75) is 26.5 Å². The van der Waals surface area contributed by atoms with Crippen molar-refractivity contribution in [1.82, 2.24) is 9.55 Å². The van der Waals surface area contributed by atoms with Crippen LogP contribution in [0.25, 0.3) is 0 Å². The van der Waals surface area contributed by atoms with Crippen LogP contribution in [0.3, 0.4) is 0 Å². The number of aromatic nitrogens is 2. The lowest BCUT2D eigenvalue weighted by Crippen LogP contribution is -2.24. The van der Waals surface area contributed by atoms with Crippen LogP contribution in [0, 0.1) is 0 Å². The quantitative estimate of drug-likeness (QED) is 0.736. The highest BCUT2D eigenvalue weighted by Crippen LogP contribution is 2.14. The lowest BCUT2D eigenvalue weighted by atomic mass is 10.5. The standard InChI is InChI=1S/C10H15ClN2O3/c1-7(2)16-5-4-13-6-12-9(11)8(15-3)10(13)14/h6-7H,4-5H2,1-3H3. The van der Waals surface area contributed by atoms with Crippen molar-refractivity contribution in [2.75, 3.05) is 13.7 Å². The third-order valence-electron chi connectivity index (χ3n) is 1.94. The molecule has 90 valence electrons. The maximum atomic E-state index is 11.8. The number of rotatable bonds is 5. The highest BCUT2D eigenvalue weighted by atomic mass is 35.5. The summed E-state index contributed by atoms with van der Waals surface area (Å²) in [6, 6.07) is 0. The fourth-order valence-corrected chi connectivity index (χ4v) is 1.37. The number of halogens is 1. The van der Waals surface area contributed by atoms with Gasteiger partial charge in [-0.2, -0.15) is 0 Å². The molecule has 5 nitrogen and oxygen atoms in total. The van der Waals surface area contributed by atoms with Crippen molar-refractivity contribution in [3.8, 4) is 5.75 Å². The Bertz CT molecular complexity index is 404. The Hall–Kier alpha value is -1.07. The summed E-state index contributed by atoms with van der Waals surface area (Å²) in [7, 11) is 1.39. The first kappa shape index (κ1) is 13.0. The van der Waals surface area contributed by atoms with Crippen LogP contribution < -0.4 is 10.3 Å². The van der Waals surface area contributed by atoms with Gasteiger partial charge in [0.25, 0.3) is 5.56 Å². The van der Waals surface area contributed by atoms with Gasteiger partial charge in [0.15, 0.2) is 5.15 Å². The molecule has 0 aliphatic rings. The fourth-order valence-electron chi connectivity index (χ4n) is 1.17. The van der Waals surface area contributed by atoms with Gasteiger partial charge in [-0.05, 0) is 13.8 Å². The lowest BCUT2D eigenvalue weighted by Gasteiger charge is -2.10. The molecule has 1 heterocycles. The number of nitrogens with zero attached hydrogens (tertiary/aromatic N) is 2. The number of ether oxygens (including phenoxy) is 2. The van der Waals surface area contributed by atoms with Crippen LogP contribution in [-0.4, -0.2) is 29.4 Å². The molecule has 0 saturated heterocycles. The monoisotopic (exact) mass is 246 g/mol. The number of hydrogen-bond donors (Lipinski definition) is 0. The third-order valence-corrected chi connectivity index (χ3v) is 2.21. The Labute approximate surface area is 99.0 Å². The third kappa shape index (κ3) is 3.21. The van der Waals surface area contributed by atoms with Crippen molar-refractivity contribution >= 4 is 11.6 Å². The van der Waals surface area contributed by atoms with Crippen LogP contribution in [0.5, 0.6) is 5.75 Å². The van der Waals surface area contributed by atoms with Crippen LogP contribution in [0.1, 0.15) is 13.8 Å². The van der Waals surface area contributed by atoms with Gasteiger partial charge in [0, 0.05) is 0 Å². The average molecular weight is 247 g/mol.